The molecule has 2 rings (SSSR count). The number of nitrogens with two attached hydrogens (primary N) is 1. The third kappa shape index (κ3) is 3.34. The summed E-state index contributed by atoms with van der Waals surface area (Å²) in [6, 6.07) is 9.05. The highest BCUT2D eigenvalue weighted by molar-refractivity contribution is 9.10. The summed E-state index contributed by atoms with van der Waals surface area (Å²) in [5.41, 5.74) is 5.43. The Labute approximate surface area is 125 Å². The van der Waals surface area contributed by atoms with Gasteiger partial charge in [-0.3, -0.25) is 4.79 Å². The number of halogens is 1. The van der Waals surface area contributed by atoms with Crippen LogP contribution in [-0.2, 0) is 0 Å². The highest BCUT2D eigenvalue weighted by Gasteiger charge is 2.10. The van der Waals surface area contributed by atoms with Gasteiger partial charge in [-0.1, -0.05) is 22.0 Å². The van der Waals surface area contributed by atoms with Gasteiger partial charge in [0.15, 0.2) is 0 Å². The molecule has 5 nitrogen and oxygen atoms in total. The number of rotatable bonds is 3. The van der Waals surface area contributed by atoms with E-state index in [2.05, 4.69) is 31.7 Å². The molecule has 0 aliphatic carbocycles. The molecule has 1 aromatic carbocycles. The number of benzene rings is 1. The summed E-state index contributed by atoms with van der Waals surface area (Å²) in [4.78, 5) is 16.4. The zero-order valence-electron chi connectivity index (χ0n) is 11.2. The van der Waals surface area contributed by atoms with Crippen LogP contribution in [0.4, 0.5) is 11.5 Å². The van der Waals surface area contributed by atoms with Crippen LogP contribution in [0.15, 0.2) is 34.8 Å². The van der Waals surface area contributed by atoms with Gasteiger partial charge in [0.1, 0.15) is 5.82 Å². The SMILES string of the molecule is Cc1cc(C(=O)Nc2cc(Br)ccc2C)cc(NN)n1. The first-order valence-electron chi connectivity index (χ1n) is 6.02. The van der Waals surface area contributed by atoms with Gasteiger partial charge in [0.25, 0.3) is 5.91 Å². The standard InChI is InChI=1S/C14H15BrN4O/c1-8-3-4-11(15)7-12(8)18-14(20)10-5-9(2)17-13(6-10)19-16/h3-7H,16H2,1-2H3,(H,17,19)(H,18,20). The Hall–Kier alpha value is -1.92. The Morgan fingerprint density at radius 1 is 1.25 bits per heavy atom. The van der Waals surface area contributed by atoms with Crippen LogP contribution in [0.5, 0.6) is 0 Å². The number of carbonyl (C=O) groups is 1. The summed E-state index contributed by atoms with van der Waals surface area (Å²) in [6.45, 7) is 3.74. The van der Waals surface area contributed by atoms with Crippen LogP contribution in [0, 0.1) is 13.8 Å². The Kier molecular flexibility index (Phi) is 4.36. The Morgan fingerprint density at radius 2 is 2.00 bits per heavy atom. The van der Waals surface area contributed by atoms with E-state index in [1.807, 2.05) is 32.0 Å². The van der Waals surface area contributed by atoms with Crippen molar-refractivity contribution >= 4 is 33.3 Å². The molecule has 2 aromatic rings. The molecule has 0 aliphatic rings. The minimum atomic E-state index is -0.201. The number of hydrazine groups is 1. The molecule has 1 heterocycles. The summed E-state index contributed by atoms with van der Waals surface area (Å²) in [7, 11) is 0. The Balaban J connectivity index is 2.28. The van der Waals surface area contributed by atoms with E-state index < -0.39 is 0 Å². The maximum Gasteiger partial charge on any atom is 0.255 e. The topological polar surface area (TPSA) is 80.0 Å². The van der Waals surface area contributed by atoms with E-state index in [1.165, 1.54) is 0 Å². The summed E-state index contributed by atoms with van der Waals surface area (Å²) < 4.78 is 0.911. The second-order valence-electron chi connectivity index (χ2n) is 4.44. The lowest BCUT2D eigenvalue weighted by molar-refractivity contribution is 0.102. The van der Waals surface area contributed by atoms with Crippen LogP contribution in [0.25, 0.3) is 0 Å². The van der Waals surface area contributed by atoms with Gasteiger partial charge in [0, 0.05) is 21.4 Å². The average molecular weight is 335 g/mol. The normalized spacial score (nSPS) is 10.2. The van der Waals surface area contributed by atoms with Crippen molar-refractivity contribution in [3.05, 3.63) is 51.6 Å². The molecule has 0 fully saturated rings. The highest BCUT2D eigenvalue weighted by Crippen LogP contribution is 2.21. The number of aromatic nitrogens is 1. The number of hydrogen-bond donors (Lipinski definition) is 3. The van der Waals surface area contributed by atoms with Crippen molar-refractivity contribution in [3.63, 3.8) is 0 Å². The molecule has 6 heteroatoms. The van der Waals surface area contributed by atoms with Gasteiger partial charge < -0.3 is 10.7 Å². The third-order valence-corrected chi connectivity index (χ3v) is 3.30. The number of pyridine rings is 1. The molecular weight excluding hydrogens is 320 g/mol. The maximum atomic E-state index is 12.3. The van der Waals surface area contributed by atoms with Gasteiger partial charge >= 0.3 is 0 Å². The van der Waals surface area contributed by atoms with Crippen LogP contribution in [0.1, 0.15) is 21.6 Å². The van der Waals surface area contributed by atoms with E-state index in [0.717, 1.165) is 21.4 Å². The quantitative estimate of drug-likeness (QED) is 0.595. The van der Waals surface area contributed by atoms with Crippen LogP contribution in [0.3, 0.4) is 0 Å². The van der Waals surface area contributed by atoms with Crippen molar-refractivity contribution in [2.45, 2.75) is 13.8 Å². The van der Waals surface area contributed by atoms with E-state index in [9.17, 15) is 4.79 Å². The van der Waals surface area contributed by atoms with Crippen molar-refractivity contribution in [3.8, 4) is 0 Å². The minimum Gasteiger partial charge on any atom is -0.322 e. The zero-order valence-corrected chi connectivity index (χ0v) is 12.8. The molecule has 0 saturated heterocycles. The first-order valence-corrected chi connectivity index (χ1v) is 6.81. The predicted molar refractivity (Wildman–Crippen MR) is 83.6 cm³/mol. The number of hydrogen-bond acceptors (Lipinski definition) is 4. The van der Waals surface area contributed by atoms with Crippen LogP contribution in [0.2, 0.25) is 0 Å². The van der Waals surface area contributed by atoms with Crippen LogP contribution < -0.4 is 16.6 Å². The van der Waals surface area contributed by atoms with Gasteiger partial charge in [-0.05, 0) is 43.7 Å². The smallest absolute Gasteiger partial charge is 0.255 e. The Bertz CT molecular complexity index is 658. The summed E-state index contributed by atoms with van der Waals surface area (Å²) in [5.74, 6) is 5.59. The lowest BCUT2D eigenvalue weighted by atomic mass is 10.1. The minimum absolute atomic E-state index is 0.201. The number of anilines is 2. The molecular formula is C14H15BrN4O. The maximum absolute atomic E-state index is 12.3. The first-order chi connectivity index (χ1) is 9.49. The predicted octanol–water partition coefficient (Wildman–Crippen LogP) is 3.00. The van der Waals surface area contributed by atoms with Gasteiger partial charge in [0.05, 0.1) is 0 Å². The third-order valence-electron chi connectivity index (χ3n) is 2.81. The molecule has 0 spiro atoms. The second kappa shape index (κ2) is 6.02. The molecule has 0 radical (unpaired) electrons. The molecule has 104 valence electrons. The number of carbonyl (C=O) groups excluding carboxylic acids is 1. The molecule has 4 N–H and O–H groups in total. The van der Waals surface area contributed by atoms with E-state index in [1.54, 1.807) is 12.1 Å². The molecule has 1 aromatic heterocycles. The van der Waals surface area contributed by atoms with Crippen molar-refractivity contribution in [2.24, 2.45) is 5.84 Å². The second-order valence-corrected chi connectivity index (χ2v) is 5.36. The fourth-order valence-electron chi connectivity index (χ4n) is 1.80. The lowest BCUT2D eigenvalue weighted by Crippen LogP contribution is -2.15. The number of nitrogens with one attached hydrogen (secondary N) is 2. The summed E-state index contributed by atoms with van der Waals surface area (Å²) in [6.07, 6.45) is 0. The van der Waals surface area contributed by atoms with Gasteiger partial charge in [-0.15, -0.1) is 0 Å². The highest BCUT2D eigenvalue weighted by atomic mass is 79.9. The van der Waals surface area contributed by atoms with Crippen LogP contribution >= 0.6 is 15.9 Å². The summed E-state index contributed by atoms with van der Waals surface area (Å²) in [5, 5.41) is 2.88. The van der Waals surface area contributed by atoms with Gasteiger partial charge in [-0.2, -0.15) is 0 Å². The largest absolute Gasteiger partial charge is 0.322 e. The molecule has 1 amide bonds. The molecule has 0 saturated carbocycles. The van der Waals surface area contributed by atoms with E-state index >= 15 is 0 Å². The lowest BCUT2D eigenvalue weighted by Gasteiger charge is -2.10. The monoisotopic (exact) mass is 334 g/mol. The average Bonchev–Trinajstić information content (AvgIpc) is 2.42. The fourth-order valence-corrected chi connectivity index (χ4v) is 2.16. The fraction of sp³-hybridized carbons (Fsp3) is 0.143. The van der Waals surface area contributed by atoms with Crippen molar-refractivity contribution in [1.82, 2.24) is 4.98 Å². The molecule has 20 heavy (non-hydrogen) atoms. The van der Waals surface area contributed by atoms with Gasteiger partial charge in [0.2, 0.25) is 0 Å². The molecule has 0 aliphatic heterocycles. The van der Waals surface area contributed by atoms with Crippen LogP contribution in [-0.4, -0.2) is 10.9 Å². The number of amides is 1. The van der Waals surface area contributed by atoms with Crippen molar-refractivity contribution in [2.75, 3.05) is 10.7 Å². The van der Waals surface area contributed by atoms with E-state index in [-0.39, 0.29) is 5.91 Å². The molecule has 0 unspecified atom stereocenters. The number of aryl methyl sites for hydroxylation is 2. The summed E-state index contributed by atoms with van der Waals surface area (Å²) >= 11 is 3.39. The number of nitrogen functional groups attached to an aromatic ring is 1. The number of nitrogens with zero attached hydrogens (tertiary/aromatic N) is 1. The van der Waals surface area contributed by atoms with Gasteiger partial charge in [-0.25, -0.2) is 10.8 Å². The van der Waals surface area contributed by atoms with E-state index in [0.29, 0.717) is 11.4 Å². The first kappa shape index (κ1) is 14.5. The molecule has 0 atom stereocenters. The Morgan fingerprint density at radius 3 is 2.70 bits per heavy atom. The zero-order chi connectivity index (χ0) is 14.7. The van der Waals surface area contributed by atoms with Crippen molar-refractivity contribution in [1.29, 1.82) is 0 Å². The van der Waals surface area contributed by atoms with Crippen molar-refractivity contribution < 1.29 is 4.79 Å². The molecule has 0 bridgehead atoms. The van der Waals surface area contributed by atoms with E-state index in [4.69, 9.17) is 5.84 Å².